The van der Waals surface area contributed by atoms with Crippen molar-refractivity contribution in [2.45, 2.75) is 20.3 Å². The predicted molar refractivity (Wildman–Crippen MR) is 67.3 cm³/mol. The van der Waals surface area contributed by atoms with Crippen LogP contribution in [0, 0.1) is 0 Å². The topological polar surface area (TPSA) is 9.23 Å². The second-order valence-corrected chi connectivity index (χ2v) is 4.13. The van der Waals surface area contributed by atoms with E-state index in [9.17, 15) is 0 Å². The highest BCUT2D eigenvalue weighted by atomic mass is 16.5. The maximum atomic E-state index is 5.83. The second-order valence-electron chi connectivity index (χ2n) is 4.13. The Morgan fingerprint density at radius 3 is 2.50 bits per heavy atom. The maximum absolute atomic E-state index is 5.83. The molecule has 16 heavy (non-hydrogen) atoms. The number of benzene rings is 1. The zero-order chi connectivity index (χ0) is 11.4. The van der Waals surface area contributed by atoms with Gasteiger partial charge in [0.2, 0.25) is 0 Å². The molecule has 0 unspecified atom stereocenters. The van der Waals surface area contributed by atoms with Crippen LogP contribution in [-0.2, 0) is 0 Å². The molecular formula is C15H16O. The third-order valence-corrected chi connectivity index (χ3v) is 2.45. The second kappa shape index (κ2) is 4.84. The highest BCUT2D eigenvalue weighted by Crippen LogP contribution is 2.21. The van der Waals surface area contributed by atoms with Crippen LogP contribution in [0.5, 0.6) is 5.75 Å². The summed E-state index contributed by atoms with van der Waals surface area (Å²) in [5.74, 6) is 1.89. The molecule has 0 fully saturated rings. The number of rotatable bonds is 2. The van der Waals surface area contributed by atoms with Gasteiger partial charge in [0.05, 0.1) is 0 Å². The minimum Gasteiger partial charge on any atom is -0.461 e. The Hall–Kier alpha value is -1.76. The number of hydrogen-bond donors (Lipinski definition) is 0. The molecule has 82 valence electrons. The van der Waals surface area contributed by atoms with Crippen LogP contribution in [0.1, 0.15) is 20.3 Å². The summed E-state index contributed by atoms with van der Waals surface area (Å²) in [4.78, 5) is 0. The molecule has 0 saturated heterocycles. The first kappa shape index (κ1) is 10.7. The quantitative estimate of drug-likeness (QED) is 0.712. The first-order chi connectivity index (χ1) is 7.74. The van der Waals surface area contributed by atoms with Crippen molar-refractivity contribution < 1.29 is 4.74 Å². The van der Waals surface area contributed by atoms with E-state index in [1.54, 1.807) is 0 Å². The zero-order valence-electron chi connectivity index (χ0n) is 9.73. The minimum absolute atomic E-state index is 0.878. The lowest BCUT2D eigenvalue weighted by Crippen LogP contribution is -1.95. The van der Waals surface area contributed by atoms with E-state index in [2.05, 4.69) is 32.1 Å². The van der Waals surface area contributed by atoms with E-state index < -0.39 is 0 Å². The molecule has 0 amide bonds. The van der Waals surface area contributed by atoms with Crippen LogP contribution >= 0.6 is 0 Å². The van der Waals surface area contributed by atoms with E-state index in [1.165, 1.54) is 11.1 Å². The van der Waals surface area contributed by atoms with Crippen molar-refractivity contribution in [3.05, 3.63) is 65.5 Å². The number of para-hydroxylation sites is 1. The predicted octanol–water partition coefficient (Wildman–Crippen LogP) is 4.25. The van der Waals surface area contributed by atoms with Crippen LogP contribution in [0.4, 0.5) is 0 Å². The highest BCUT2D eigenvalue weighted by molar-refractivity contribution is 5.33. The Kier molecular flexibility index (Phi) is 3.25. The van der Waals surface area contributed by atoms with Crippen LogP contribution in [0.15, 0.2) is 65.5 Å². The van der Waals surface area contributed by atoms with Gasteiger partial charge in [-0.1, -0.05) is 41.5 Å². The Morgan fingerprint density at radius 1 is 1.00 bits per heavy atom. The van der Waals surface area contributed by atoms with E-state index in [1.807, 2.05) is 30.3 Å². The van der Waals surface area contributed by atoms with Gasteiger partial charge in [0.15, 0.2) is 0 Å². The van der Waals surface area contributed by atoms with E-state index >= 15 is 0 Å². The fraction of sp³-hybridized carbons (Fsp3) is 0.200. The molecule has 0 spiro atoms. The van der Waals surface area contributed by atoms with E-state index in [4.69, 9.17) is 4.74 Å². The van der Waals surface area contributed by atoms with E-state index in [-0.39, 0.29) is 0 Å². The lowest BCUT2D eigenvalue weighted by molar-refractivity contribution is 0.413. The molecule has 1 aromatic carbocycles. The maximum Gasteiger partial charge on any atom is 0.126 e. The molecule has 0 saturated carbocycles. The third-order valence-electron chi connectivity index (χ3n) is 2.45. The summed E-state index contributed by atoms with van der Waals surface area (Å²) in [7, 11) is 0. The third kappa shape index (κ3) is 2.86. The molecule has 2 rings (SSSR count). The lowest BCUT2D eigenvalue weighted by Gasteiger charge is -2.08. The average Bonchev–Trinajstić information content (AvgIpc) is 2.41. The van der Waals surface area contributed by atoms with Gasteiger partial charge in [-0.05, 0) is 32.1 Å². The average molecular weight is 212 g/mol. The molecule has 0 radical (unpaired) electrons. The zero-order valence-corrected chi connectivity index (χ0v) is 9.73. The highest BCUT2D eigenvalue weighted by Gasteiger charge is 2.04. The van der Waals surface area contributed by atoms with Gasteiger partial charge in [0.1, 0.15) is 11.5 Å². The largest absolute Gasteiger partial charge is 0.461 e. The fourth-order valence-electron chi connectivity index (χ4n) is 1.76. The van der Waals surface area contributed by atoms with Gasteiger partial charge in [-0.2, -0.15) is 0 Å². The van der Waals surface area contributed by atoms with Gasteiger partial charge in [0.25, 0.3) is 0 Å². The molecule has 1 aliphatic rings. The smallest absolute Gasteiger partial charge is 0.126 e. The van der Waals surface area contributed by atoms with Crippen LogP contribution in [0.2, 0.25) is 0 Å². The van der Waals surface area contributed by atoms with Gasteiger partial charge >= 0.3 is 0 Å². The Morgan fingerprint density at radius 2 is 1.75 bits per heavy atom. The van der Waals surface area contributed by atoms with E-state index in [0.717, 1.165) is 17.9 Å². The number of ether oxygens (including phenoxy) is 1. The first-order valence-corrected chi connectivity index (χ1v) is 5.51. The van der Waals surface area contributed by atoms with Crippen LogP contribution in [-0.4, -0.2) is 0 Å². The summed E-state index contributed by atoms with van der Waals surface area (Å²) in [6, 6.07) is 9.90. The van der Waals surface area contributed by atoms with Gasteiger partial charge < -0.3 is 4.74 Å². The first-order valence-electron chi connectivity index (χ1n) is 5.51. The van der Waals surface area contributed by atoms with Crippen molar-refractivity contribution in [3.63, 3.8) is 0 Å². The Labute approximate surface area is 96.8 Å². The molecule has 0 atom stereocenters. The molecule has 0 aliphatic heterocycles. The monoisotopic (exact) mass is 212 g/mol. The van der Waals surface area contributed by atoms with Crippen molar-refractivity contribution >= 4 is 0 Å². The van der Waals surface area contributed by atoms with Gasteiger partial charge in [-0.15, -0.1) is 0 Å². The fourth-order valence-corrected chi connectivity index (χ4v) is 1.76. The molecule has 0 heterocycles. The van der Waals surface area contributed by atoms with Crippen LogP contribution in [0.3, 0.4) is 0 Å². The summed E-state index contributed by atoms with van der Waals surface area (Å²) in [5, 5.41) is 0. The SMILES string of the molecule is CC1=CC=C(Oc2ccccc2)CC(C)=C1. The van der Waals surface area contributed by atoms with Gasteiger partial charge in [0, 0.05) is 6.42 Å². The van der Waals surface area contributed by atoms with Crippen molar-refractivity contribution in [1.82, 2.24) is 0 Å². The van der Waals surface area contributed by atoms with Crippen molar-refractivity contribution in [2.24, 2.45) is 0 Å². The van der Waals surface area contributed by atoms with Crippen LogP contribution < -0.4 is 4.74 Å². The molecule has 1 aromatic rings. The molecule has 1 nitrogen and oxygen atoms in total. The van der Waals surface area contributed by atoms with Crippen molar-refractivity contribution in [2.75, 3.05) is 0 Å². The normalized spacial score (nSPS) is 15.8. The summed E-state index contributed by atoms with van der Waals surface area (Å²) in [5.41, 5.74) is 2.59. The van der Waals surface area contributed by atoms with E-state index in [0.29, 0.717) is 0 Å². The minimum atomic E-state index is 0.878. The standard InChI is InChI=1S/C15H16O/c1-12-8-9-15(11-13(2)10-12)16-14-6-4-3-5-7-14/h3-10H,11H2,1-2H3. The molecule has 0 aromatic heterocycles. The number of allylic oxidation sites excluding steroid dienone is 5. The lowest BCUT2D eigenvalue weighted by atomic mass is 10.1. The van der Waals surface area contributed by atoms with Crippen molar-refractivity contribution in [1.29, 1.82) is 0 Å². The van der Waals surface area contributed by atoms with Gasteiger partial charge in [-0.3, -0.25) is 0 Å². The molecule has 0 N–H and O–H groups in total. The Bertz CT molecular complexity index is 450. The summed E-state index contributed by atoms with van der Waals surface area (Å²) in [6.45, 7) is 4.23. The summed E-state index contributed by atoms with van der Waals surface area (Å²) >= 11 is 0. The number of hydrogen-bond acceptors (Lipinski definition) is 1. The molecule has 0 bridgehead atoms. The van der Waals surface area contributed by atoms with Crippen molar-refractivity contribution in [3.8, 4) is 5.75 Å². The summed E-state index contributed by atoms with van der Waals surface area (Å²) in [6.07, 6.45) is 7.21. The summed E-state index contributed by atoms with van der Waals surface area (Å²) < 4.78 is 5.83. The molecule has 1 aliphatic carbocycles. The van der Waals surface area contributed by atoms with Gasteiger partial charge in [-0.25, -0.2) is 0 Å². The molecule has 1 heteroatoms. The Balaban J connectivity index is 2.15. The molecular weight excluding hydrogens is 196 g/mol. The van der Waals surface area contributed by atoms with Crippen LogP contribution in [0.25, 0.3) is 0 Å².